The van der Waals surface area contributed by atoms with Gasteiger partial charge in [0.05, 0.1) is 11.7 Å². The third-order valence-corrected chi connectivity index (χ3v) is 3.16. The number of nitrogens with zero attached hydrogens (tertiary/aromatic N) is 1. The minimum absolute atomic E-state index is 0.157. The van der Waals surface area contributed by atoms with Crippen molar-refractivity contribution < 1.29 is 4.74 Å². The van der Waals surface area contributed by atoms with Crippen LogP contribution in [0, 0.1) is 5.92 Å². The molecule has 0 aliphatic carbocycles. The average Bonchev–Trinajstić information content (AvgIpc) is 2.38. The Kier molecular flexibility index (Phi) is 4.27. The van der Waals surface area contributed by atoms with Crippen molar-refractivity contribution in [3.8, 4) is 0 Å². The van der Waals surface area contributed by atoms with Gasteiger partial charge in [-0.3, -0.25) is 16.3 Å². The van der Waals surface area contributed by atoms with E-state index in [4.69, 9.17) is 10.6 Å². The van der Waals surface area contributed by atoms with Crippen molar-refractivity contribution in [3.05, 3.63) is 30.1 Å². The third-order valence-electron chi connectivity index (χ3n) is 3.16. The minimum atomic E-state index is 0.157. The number of hydrogen-bond acceptors (Lipinski definition) is 4. The Morgan fingerprint density at radius 3 is 2.88 bits per heavy atom. The second-order valence-corrected chi connectivity index (χ2v) is 4.27. The monoisotopic (exact) mass is 221 g/mol. The molecule has 2 rings (SSSR count). The molecule has 4 nitrogen and oxygen atoms in total. The summed E-state index contributed by atoms with van der Waals surface area (Å²) in [4.78, 5) is 4.34. The fourth-order valence-corrected chi connectivity index (χ4v) is 2.17. The Balaban J connectivity index is 1.94. The van der Waals surface area contributed by atoms with Gasteiger partial charge in [-0.15, -0.1) is 0 Å². The number of rotatable bonds is 4. The summed E-state index contributed by atoms with van der Waals surface area (Å²) in [7, 11) is 0. The molecule has 16 heavy (non-hydrogen) atoms. The van der Waals surface area contributed by atoms with E-state index in [0.29, 0.717) is 5.92 Å². The van der Waals surface area contributed by atoms with E-state index >= 15 is 0 Å². The first kappa shape index (κ1) is 11.5. The maximum absolute atomic E-state index is 5.60. The largest absolute Gasteiger partial charge is 0.381 e. The molecule has 1 unspecified atom stereocenters. The lowest BCUT2D eigenvalue weighted by Crippen LogP contribution is -2.31. The molecule has 1 aromatic heterocycles. The van der Waals surface area contributed by atoms with Gasteiger partial charge in [-0.25, -0.2) is 0 Å². The predicted octanol–water partition coefficient (Wildman–Crippen LogP) is 1.40. The zero-order chi connectivity index (χ0) is 11.2. The normalized spacial score (nSPS) is 19.6. The first-order valence-corrected chi connectivity index (χ1v) is 5.85. The number of pyridine rings is 1. The maximum atomic E-state index is 5.60. The van der Waals surface area contributed by atoms with Crippen molar-refractivity contribution in [1.29, 1.82) is 0 Å². The highest BCUT2D eigenvalue weighted by Gasteiger charge is 2.20. The summed E-state index contributed by atoms with van der Waals surface area (Å²) < 4.78 is 5.35. The van der Waals surface area contributed by atoms with E-state index in [0.717, 1.165) is 38.2 Å². The molecule has 0 spiro atoms. The molecule has 0 amide bonds. The number of hydrazine groups is 1. The Labute approximate surface area is 96.2 Å². The van der Waals surface area contributed by atoms with Crippen molar-refractivity contribution in [2.24, 2.45) is 11.8 Å². The van der Waals surface area contributed by atoms with Crippen molar-refractivity contribution in [1.82, 2.24) is 10.4 Å². The quantitative estimate of drug-likeness (QED) is 0.596. The second-order valence-electron chi connectivity index (χ2n) is 4.27. The Morgan fingerprint density at radius 1 is 1.44 bits per heavy atom. The van der Waals surface area contributed by atoms with Gasteiger partial charge in [0.2, 0.25) is 0 Å². The number of nitrogens with two attached hydrogens (primary N) is 1. The topological polar surface area (TPSA) is 60.2 Å². The van der Waals surface area contributed by atoms with E-state index in [1.54, 1.807) is 0 Å². The molecule has 2 heterocycles. The van der Waals surface area contributed by atoms with E-state index in [1.807, 2.05) is 24.4 Å². The minimum Gasteiger partial charge on any atom is -0.381 e. The number of nitrogens with one attached hydrogen (secondary N) is 1. The third kappa shape index (κ3) is 3.01. The second kappa shape index (κ2) is 5.94. The molecule has 0 radical (unpaired) electrons. The standard InChI is InChI=1S/C12H19N3O/c13-15-12(11-3-1-2-6-14-11)9-10-4-7-16-8-5-10/h1-3,6,10,12,15H,4-5,7-9,13H2. The van der Waals surface area contributed by atoms with E-state index in [2.05, 4.69) is 10.4 Å². The van der Waals surface area contributed by atoms with Crippen LogP contribution in [0.4, 0.5) is 0 Å². The molecule has 1 aliphatic heterocycles. The Bertz CT molecular complexity index is 298. The van der Waals surface area contributed by atoms with Crippen LogP contribution in [0.1, 0.15) is 31.0 Å². The van der Waals surface area contributed by atoms with Crippen molar-refractivity contribution in [2.75, 3.05) is 13.2 Å². The van der Waals surface area contributed by atoms with E-state index < -0.39 is 0 Å². The molecule has 1 atom stereocenters. The van der Waals surface area contributed by atoms with Crippen LogP contribution in [0.25, 0.3) is 0 Å². The predicted molar refractivity (Wildman–Crippen MR) is 62.5 cm³/mol. The molecular formula is C12H19N3O. The molecule has 0 bridgehead atoms. The lowest BCUT2D eigenvalue weighted by Gasteiger charge is -2.26. The van der Waals surface area contributed by atoms with Gasteiger partial charge < -0.3 is 4.74 Å². The lowest BCUT2D eigenvalue weighted by molar-refractivity contribution is 0.0603. The van der Waals surface area contributed by atoms with Crippen LogP contribution >= 0.6 is 0 Å². The van der Waals surface area contributed by atoms with Gasteiger partial charge in [-0.05, 0) is 37.3 Å². The smallest absolute Gasteiger partial charge is 0.0634 e. The van der Waals surface area contributed by atoms with Gasteiger partial charge in [0.15, 0.2) is 0 Å². The molecule has 1 aliphatic rings. The zero-order valence-electron chi connectivity index (χ0n) is 9.43. The van der Waals surface area contributed by atoms with Crippen molar-refractivity contribution >= 4 is 0 Å². The van der Waals surface area contributed by atoms with Gasteiger partial charge in [0.1, 0.15) is 0 Å². The number of aromatic nitrogens is 1. The summed E-state index contributed by atoms with van der Waals surface area (Å²) in [5, 5.41) is 0. The summed E-state index contributed by atoms with van der Waals surface area (Å²) in [6.07, 6.45) is 5.11. The Hall–Kier alpha value is -0.970. The molecule has 1 fully saturated rings. The number of ether oxygens (including phenoxy) is 1. The van der Waals surface area contributed by atoms with Gasteiger partial charge in [-0.2, -0.15) is 0 Å². The molecular weight excluding hydrogens is 202 g/mol. The van der Waals surface area contributed by atoms with Gasteiger partial charge in [0, 0.05) is 19.4 Å². The summed E-state index contributed by atoms with van der Waals surface area (Å²) >= 11 is 0. The zero-order valence-corrected chi connectivity index (χ0v) is 9.43. The van der Waals surface area contributed by atoms with Crippen LogP contribution in [0.2, 0.25) is 0 Å². The van der Waals surface area contributed by atoms with Crippen LogP contribution < -0.4 is 11.3 Å². The van der Waals surface area contributed by atoms with Gasteiger partial charge in [0.25, 0.3) is 0 Å². The van der Waals surface area contributed by atoms with Crippen LogP contribution in [-0.4, -0.2) is 18.2 Å². The summed E-state index contributed by atoms with van der Waals surface area (Å²) in [5.74, 6) is 6.29. The lowest BCUT2D eigenvalue weighted by atomic mass is 9.91. The van der Waals surface area contributed by atoms with Crippen LogP contribution in [0.5, 0.6) is 0 Å². The summed E-state index contributed by atoms with van der Waals surface area (Å²) in [6.45, 7) is 1.76. The maximum Gasteiger partial charge on any atom is 0.0634 e. The van der Waals surface area contributed by atoms with Gasteiger partial charge >= 0.3 is 0 Å². The highest BCUT2D eigenvalue weighted by atomic mass is 16.5. The first-order valence-electron chi connectivity index (χ1n) is 5.85. The van der Waals surface area contributed by atoms with Crippen molar-refractivity contribution in [2.45, 2.75) is 25.3 Å². The van der Waals surface area contributed by atoms with Crippen LogP contribution in [-0.2, 0) is 4.74 Å². The highest BCUT2D eigenvalue weighted by molar-refractivity contribution is 5.08. The summed E-state index contributed by atoms with van der Waals surface area (Å²) in [5.41, 5.74) is 3.89. The van der Waals surface area contributed by atoms with Crippen LogP contribution in [0.3, 0.4) is 0 Å². The van der Waals surface area contributed by atoms with Crippen molar-refractivity contribution in [3.63, 3.8) is 0 Å². The summed E-state index contributed by atoms with van der Waals surface area (Å²) in [6, 6.07) is 6.09. The van der Waals surface area contributed by atoms with Gasteiger partial charge in [-0.1, -0.05) is 6.07 Å². The molecule has 4 heteroatoms. The Morgan fingerprint density at radius 2 is 2.25 bits per heavy atom. The average molecular weight is 221 g/mol. The number of hydrogen-bond donors (Lipinski definition) is 2. The van der Waals surface area contributed by atoms with Crippen LogP contribution in [0.15, 0.2) is 24.4 Å². The highest BCUT2D eigenvalue weighted by Crippen LogP contribution is 2.25. The molecule has 1 aromatic rings. The SMILES string of the molecule is NNC(CC1CCOCC1)c1ccccn1. The molecule has 0 aromatic carbocycles. The first-order chi connectivity index (χ1) is 7.90. The molecule has 3 N–H and O–H groups in total. The fourth-order valence-electron chi connectivity index (χ4n) is 2.17. The molecule has 88 valence electrons. The molecule has 1 saturated heterocycles. The van der Waals surface area contributed by atoms with E-state index in [1.165, 1.54) is 0 Å². The fraction of sp³-hybridized carbons (Fsp3) is 0.583. The van der Waals surface area contributed by atoms with E-state index in [9.17, 15) is 0 Å². The van der Waals surface area contributed by atoms with E-state index in [-0.39, 0.29) is 6.04 Å². The molecule has 0 saturated carbocycles.